The lowest BCUT2D eigenvalue weighted by Crippen LogP contribution is -1.99. The van der Waals surface area contributed by atoms with Gasteiger partial charge in [0.15, 0.2) is 12.0 Å². The van der Waals surface area contributed by atoms with Crippen LogP contribution >= 0.6 is 11.8 Å². The Hall–Kier alpha value is -1.16. The molecular formula is C10H11NO2S. The van der Waals surface area contributed by atoms with Crippen molar-refractivity contribution in [3.63, 3.8) is 0 Å². The van der Waals surface area contributed by atoms with Gasteiger partial charge < -0.3 is 9.15 Å². The molecule has 2 rings (SSSR count). The number of oxazole rings is 1. The monoisotopic (exact) mass is 209 g/mol. The maximum absolute atomic E-state index is 5.52. The first kappa shape index (κ1) is 9.40. The maximum atomic E-state index is 5.52. The van der Waals surface area contributed by atoms with E-state index in [-0.39, 0.29) is 0 Å². The van der Waals surface area contributed by atoms with Crippen molar-refractivity contribution in [2.45, 2.75) is 0 Å². The van der Waals surface area contributed by atoms with Crippen molar-refractivity contribution in [2.75, 3.05) is 18.6 Å². The molecule has 0 saturated heterocycles. The molecule has 2 aromatic rings. The number of ether oxygens (including phenoxy) is 1. The lowest BCUT2D eigenvalue weighted by atomic mass is 10.3. The average Bonchev–Trinajstić information content (AvgIpc) is 2.65. The van der Waals surface area contributed by atoms with Crippen molar-refractivity contribution in [3.05, 3.63) is 24.6 Å². The first-order valence-corrected chi connectivity index (χ1v) is 5.74. The zero-order valence-electron chi connectivity index (χ0n) is 7.90. The van der Waals surface area contributed by atoms with Crippen LogP contribution < -0.4 is 4.74 Å². The molecule has 0 spiro atoms. The summed E-state index contributed by atoms with van der Waals surface area (Å²) in [6.45, 7) is 0.727. The largest absolute Gasteiger partial charge is 0.493 e. The van der Waals surface area contributed by atoms with E-state index >= 15 is 0 Å². The number of hydrogen-bond acceptors (Lipinski definition) is 4. The summed E-state index contributed by atoms with van der Waals surface area (Å²) in [5, 5.41) is 0. The first-order valence-electron chi connectivity index (χ1n) is 4.35. The van der Waals surface area contributed by atoms with Crippen LogP contribution in [0.25, 0.3) is 11.1 Å². The molecule has 0 radical (unpaired) electrons. The Balaban J connectivity index is 2.10. The molecule has 0 bridgehead atoms. The van der Waals surface area contributed by atoms with Gasteiger partial charge in [0.1, 0.15) is 11.3 Å². The molecule has 0 aliphatic heterocycles. The molecule has 0 aliphatic rings. The minimum Gasteiger partial charge on any atom is -0.493 e. The van der Waals surface area contributed by atoms with Gasteiger partial charge in [0.05, 0.1) is 6.61 Å². The van der Waals surface area contributed by atoms with E-state index in [9.17, 15) is 0 Å². The van der Waals surface area contributed by atoms with Crippen molar-refractivity contribution < 1.29 is 9.15 Å². The van der Waals surface area contributed by atoms with Crippen molar-refractivity contribution in [1.82, 2.24) is 4.98 Å². The van der Waals surface area contributed by atoms with E-state index in [1.165, 1.54) is 6.39 Å². The third kappa shape index (κ3) is 2.01. The Bertz CT molecular complexity index is 413. The molecule has 74 valence electrons. The second kappa shape index (κ2) is 4.37. The number of rotatable bonds is 4. The predicted molar refractivity (Wildman–Crippen MR) is 57.9 cm³/mol. The highest BCUT2D eigenvalue weighted by Gasteiger charge is 2.00. The van der Waals surface area contributed by atoms with Gasteiger partial charge in [0.25, 0.3) is 0 Å². The quantitative estimate of drug-likeness (QED) is 0.725. The summed E-state index contributed by atoms with van der Waals surface area (Å²) in [6.07, 6.45) is 3.50. The van der Waals surface area contributed by atoms with E-state index in [0.717, 1.165) is 29.2 Å². The zero-order chi connectivity index (χ0) is 9.80. The molecule has 1 aromatic carbocycles. The Morgan fingerprint density at radius 2 is 2.43 bits per heavy atom. The lowest BCUT2D eigenvalue weighted by Gasteiger charge is -2.03. The van der Waals surface area contributed by atoms with Crippen molar-refractivity contribution >= 4 is 22.9 Å². The minimum absolute atomic E-state index is 0.727. The number of nitrogens with zero attached hydrogens (tertiary/aromatic N) is 1. The topological polar surface area (TPSA) is 35.3 Å². The Kier molecular flexibility index (Phi) is 2.93. The predicted octanol–water partition coefficient (Wildman–Crippen LogP) is 2.57. The molecule has 4 heteroatoms. The van der Waals surface area contributed by atoms with Crippen LogP contribution in [0.4, 0.5) is 0 Å². The smallest absolute Gasteiger partial charge is 0.181 e. The Morgan fingerprint density at radius 3 is 3.29 bits per heavy atom. The summed E-state index contributed by atoms with van der Waals surface area (Å²) >= 11 is 1.77. The fourth-order valence-corrected chi connectivity index (χ4v) is 1.42. The van der Waals surface area contributed by atoms with Gasteiger partial charge in [-0.05, 0) is 18.4 Å². The van der Waals surface area contributed by atoms with Crippen LogP contribution in [0.2, 0.25) is 0 Å². The summed E-state index contributed by atoms with van der Waals surface area (Å²) in [6, 6.07) is 5.66. The normalized spacial score (nSPS) is 10.6. The van der Waals surface area contributed by atoms with Crippen molar-refractivity contribution in [2.24, 2.45) is 0 Å². The number of thioether (sulfide) groups is 1. The molecule has 3 nitrogen and oxygen atoms in total. The van der Waals surface area contributed by atoms with Crippen LogP contribution in [0.3, 0.4) is 0 Å². The number of benzene rings is 1. The molecule has 14 heavy (non-hydrogen) atoms. The number of aromatic nitrogens is 1. The van der Waals surface area contributed by atoms with Gasteiger partial charge >= 0.3 is 0 Å². The van der Waals surface area contributed by atoms with Gasteiger partial charge in [-0.3, -0.25) is 0 Å². The standard InChI is InChI=1S/C10H11NO2S/c1-14-5-4-12-8-2-3-10-9(6-8)11-7-13-10/h2-3,6-7H,4-5H2,1H3. The third-order valence-corrected chi connectivity index (χ3v) is 2.43. The van der Waals surface area contributed by atoms with E-state index in [2.05, 4.69) is 11.2 Å². The van der Waals surface area contributed by atoms with E-state index < -0.39 is 0 Å². The van der Waals surface area contributed by atoms with Crippen LogP contribution in [-0.2, 0) is 0 Å². The summed E-state index contributed by atoms with van der Waals surface area (Å²) in [4.78, 5) is 4.06. The summed E-state index contributed by atoms with van der Waals surface area (Å²) in [5.74, 6) is 1.84. The molecular weight excluding hydrogens is 198 g/mol. The van der Waals surface area contributed by atoms with Gasteiger partial charge in [-0.1, -0.05) is 0 Å². The van der Waals surface area contributed by atoms with Crippen LogP contribution in [0.15, 0.2) is 29.0 Å². The molecule has 0 unspecified atom stereocenters. The van der Waals surface area contributed by atoms with Gasteiger partial charge in [0.2, 0.25) is 0 Å². The average molecular weight is 209 g/mol. The van der Waals surface area contributed by atoms with Crippen molar-refractivity contribution in [1.29, 1.82) is 0 Å². The summed E-state index contributed by atoms with van der Waals surface area (Å²) in [7, 11) is 0. The number of fused-ring (bicyclic) bond motifs is 1. The molecule has 0 N–H and O–H groups in total. The van der Waals surface area contributed by atoms with Crippen molar-refractivity contribution in [3.8, 4) is 5.75 Å². The van der Waals surface area contributed by atoms with Gasteiger partial charge in [-0.15, -0.1) is 0 Å². The van der Waals surface area contributed by atoms with Crippen LogP contribution in [0, 0.1) is 0 Å². The second-order valence-corrected chi connectivity index (χ2v) is 3.81. The number of hydrogen-bond donors (Lipinski definition) is 0. The van der Waals surface area contributed by atoms with Crippen LogP contribution in [0.1, 0.15) is 0 Å². The molecule has 1 aromatic heterocycles. The van der Waals surface area contributed by atoms with Gasteiger partial charge in [-0.25, -0.2) is 4.98 Å². The summed E-state index contributed by atoms with van der Waals surface area (Å²) < 4.78 is 10.6. The van der Waals surface area contributed by atoms with E-state index in [1.54, 1.807) is 11.8 Å². The van der Waals surface area contributed by atoms with Crippen LogP contribution in [-0.4, -0.2) is 23.6 Å². The molecule has 0 amide bonds. The molecule has 0 atom stereocenters. The summed E-state index contributed by atoms with van der Waals surface area (Å²) in [5.41, 5.74) is 1.63. The first-order chi connectivity index (χ1) is 6.90. The highest BCUT2D eigenvalue weighted by molar-refractivity contribution is 7.98. The third-order valence-electron chi connectivity index (χ3n) is 1.86. The maximum Gasteiger partial charge on any atom is 0.181 e. The van der Waals surface area contributed by atoms with E-state index in [1.807, 2.05) is 18.2 Å². The van der Waals surface area contributed by atoms with E-state index in [0.29, 0.717) is 0 Å². The second-order valence-electron chi connectivity index (χ2n) is 2.82. The molecule has 0 saturated carbocycles. The molecule has 1 heterocycles. The van der Waals surface area contributed by atoms with Crippen LogP contribution in [0.5, 0.6) is 5.75 Å². The Labute approximate surface area is 86.5 Å². The highest BCUT2D eigenvalue weighted by Crippen LogP contribution is 2.19. The Morgan fingerprint density at radius 1 is 1.50 bits per heavy atom. The SMILES string of the molecule is CSCCOc1ccc2ocnc2c1. The lowest BCUT2D eigenvalue weighted by molar-refractivity contribution is 0.344. The minimum atomic E-state index is 0.727. The van der Waals surface area contributed by atoms with Gasteiger partial charge in [-0.2, -0.15) is 11.8 Å². The highest BCUT2D eigenvalue weighted by atomic mass is 32.2. The molecule has 0 aliphatic carbocycles. The molecule has 0 fully saturated rings. The van der Waals surface area contributed by atoms with Gasteiger partial charge in [0, 0.05) is 11.8 Å². The fraction of sp³-hybridized carbons (Fsp3) is 0.300. The van der Waals surface area contributed by atoms with E-state index in [4.69, 9.17) is 9.15 Å². The zero-order valence-corrected chi connectivity index (χ0v) is 8.71. The fourth-order valence-electron chi connectivity index (χ4n) is 1.17.